The molecule has 0 atom stereocenters. The number of amides is 1. The Morgan fingerprint density at radius 2 is 2.00 bits per heavy atom. The molecule has 134 valence electrons. The van der Waals surface area contributed by atoms with Crippen LogP contribution in [0.25, 0.3) is 11.5 Å². The molecule has 0 spiro atoms. The molecule has 0 bridgehead atoms. The lowest BCUT2D eigenvalue weighted by molar-refractivity contribution is -0.113. The highest BCUT2D eigenvalue weighted by Crippen LogP contribution is 2.26. The number of aryl methyl sites for hydroxylation is 2. The average molecular weight is 392 g/mol. The van der Waals surface area contributed by atoms with Gasteiger partial charge in [-0.1, -0.05) is 29.4 Å². The summed E-state index contributed by atoms with van der Waals surface area (Å²) in [4.78, 5) is 12.0. The highest BCUT2D eigenvalue weighted by Gasteiger charge is 2.13. The van der Waals surface area contributed by atoms with Gasteiger partial charge in [0.15, 0.2) is 0 Å². The van der Waals surface area contributed by atoms with E-state index in [0.717, 1.165) is 29.0 Å². The Balaban J connectivity index is 1.60. The topological polar surface area (TPSA) is 68.0 Å². The maximum atomic E-state index is 13.0. The number of aromatic nitrogens is 2. The van der Waals surface area contributed by atoms with E-state index in [4.69, 9.17) is 16.0 Å². The van der Waals surface area contributed by atoms with Crippen molar-refractivity contribution in [3.05, 3.63) is 58.4 Å². The molecule has 0 unspecified atom stereocenters. The van der Waals surface area contributed by atoms with Gasteiger partial charge in [0.2, 0.25) is 11.8 Å². The Morgan fingerprint density at radius 3 is 2.73 bits per heavy atom. The minimum Gasteiger partial charge on any atom is -0.411 e. The van der Waals surface area contributed by atoms with E-state index in [-0.39, 0.29) is 16.7 Å². The van der Waals surface area contributed by atoms with Gasteiger partial charge in [0.25, 0.3) is 5.22 Å². The minimum atomic E-state index is -0.466. The van der Waals surface area contributed by atoms with E-state index in [1.54, 1.807) is 0 Å². The van der Waals surface area contributed by atoms with Crippen LogP contribution in [0.5, 0.6) is 0 Å². The van der Waals surface area contributed by atoms with Gasteiger partial charge in [0.05, 0.1) is 16.5 Å². The van der Waals surface area contributed by atoms with Gasteiger partial charge in [-0.25, -0.2) is 4.39 Å². The summed E-state index contributed by atoms with van der Waals surface area (Å²) in [5, 5.41) is 11.0. The molecule has 1 N–H and O–H groups in total. The lowest BCUT2D eigenvalue weighted by Crippen LogP contribution is -2.14. The molecule has 8 heteroatoms. The number of nitrogens with zero attached hydrogens (tertiary/aromatic N) is 2. The zero-order chi connectivity index (χ0) is 18.7. The number of carbonyl (C=O) groups is 1. The number of halogens is 2. The van der Waals surface area contributed by atoms with Crippen LogP contribution in [0.3, 0.4) is 0 Å². The summed E-state index contributed by atoms with van der Waals surface area (Å²) in [7, 11) is 0. The van der Waals surface area contributed by atoms with Gasteiger partial charge in [-0.3, -0.25) is 4.79 Å². The molecule has 26 heavy (non-hydrogen) atoms. The van der Waals surface area contributed by atoms with Crippen LogP contribution in [0, 0.1) is 19.7 Å². The first-order valence-corrected chi connectivity index (χ1v) is 9.07. The molecule has 0 aliphatic carbocycles. The zero-order valence-corrected chi connectivity index (χ0v) is 15.6. The van der Waals surface area contributed by atoms with Crippen molar-refractivity contribution in [2.75, 3.05) is 11.1 Å². The van der Waals surface area contributed by atoms with Crippen LogP contribution >= 0.6 is 23.4 Å². The largest absolute Gasteiger partial charge is 0.411 e. The van der Waals surface area contributed by atoms with Crippen molar-refractivity contribution < 1.29 is 13.6 Å². The van der Waals surface area contributed by atoms with E-state index in [1.165, 1.54) is 17.7 Å². The third kappa shape index (κ3) is 4.42. The average Bonchev–Trinajstić information content (AvgIpc) is 3.07. The summed E-state index contributed by atoms with van der Waals surface area (Å²) in [5.41, 5.74) is 3.49. The van der Waals surface area contributed by atoms with E-state index in [1.807, 2.05) is 32.0 Å². The van der Waals surface area contributed by atoms with Gasteiger partial charge < -0.3 is 9.73 Å². The van der Waals surface area contributed by atoms with E-state index in [0.29, 0.717) is 16.8 Å². The molecule has 2 aromatic carbocycles. The zero-order valence-electron chi connectivity index (χ0n) is 14.0. The van der Waals surface area contributed by atoms with Gasteiger partial charge in [-0.15, -0.1) is 10.2 Å². The first-order valence-electron chi connectivity index (χ1n) is 7.71. The molecular formula is C18H15ClFN3O2S. The van der Waals surface area contributed by atoms with Crippen LogP contribution in [0.2, 0.25) is 5.02 Å². The SMILES string of the molecule is Cc1ccc(-c2nnc(SCC(=O)Nc3ccc(F)cc3Cl)o2)cc1C. The summed E-state index contributed by atoms with van der Waals surface area (Å²) in [6.07, 6.45) is 0. The Labute approximate surface area is 159 Å². The van der Waals surface area contributed by atoms with Crippen LogP contribution in [-0.2, 0) is 4.79 Å². The number of thioether (sulfide) groups is 1. The quantitative estimate of drug-likeness (QED) is 0.628. The number of hydrogen-bond donors (Lipinski definition) is 1. The summed E-state index contributed by atoms with van der Waals surface area (Å²) >= 11 is 6.99. The summed E-state index contributed by atoms with van der Waals surface area (Å²) < 4.78 is 18.6. The second-order valence-electron chi connectivity index (χ2n) is 5.63. The molecule has 1 amide bonds. The van der Waals surface area contributed by atoms with Gasteiger partial charge in [-0.2, -0.15) is 0 Å². The molecule has 0 aliphatic heterocycles. The molecule has 1 heterocycles. The monoisotopic (exact) mass is 391 g/mol. The van der Waals surface area contributed by atoms with Crippen LogP contribution in [0.4, 0.5) is 10.1 Å². The van der Waals surface area contributed by atoms with E-state index >= 15 is 0 Å². The molecule has 3 aromatic rings. The Bertz CT molecular complexity index is 961. The maximum Gasteiger partial charge on any atom is 0.277 e. The first kappa shape index (κ1) is 18.4. The summed E-state index contributed by atoms with van der Waals surface area (Å²) in [6.45, 7) is 4.04. The predicted molar refractivity (Wildman–Crippen MR) is 100.0 cm³/mol. The number of hydrogen-bond acceptors (Lipinski definition) is 5. The molecule has 0 aliphatic rings. The molecule has 0 saturated heterocycles. The second-order valence-corrected chi connectivity index (χ2v) is 6.97. The van der Waals surface area contributed by atoms with Gasteiger partial charge in [0.1, 0.15) is 5.82 Å². The number of nitrogens with one attached hydrogen (secondary N) is 1. The number of carbonyl (C=O) groups excluding carboxylic acids is 1. The fourth-order valence-corrected chi connectivity index (χ4v) is 2.94. The van der Waals surface area contributed by atoms with Crippen molar-refractivity contribution in [3.63, 3.8) is 0 Å². The highest BCUT2D eigenvalue weighted by atomic mass is 35.5. The van der Waals surface area contributed by atoms with Gasteiger partial charge in [0, 0.05) is 5.56 Å². The number of rotatable bonds is 5. The van der Waals surface area contributed by atoms with Crippen LogP contribution < -0.4 is 5.32 Å². The molecule has 0 radical (unpaired) electrons. The van der Waals surface area contributed by atoms with Crippen molar-refractivity contribution in [3.8, 4) is 11.5 Å². The lowest BCUT2D eigenvalue weighted by atomic mass is 10.1. The predicted octanol–water partition coefficient (Wildman–Crippen LogP) is 4.88. The Kier molecular flexibility index (Phi) is 5.58. The van der Waals surface area contributed by atoms with Gasteiger partial charge >= 0.3 is 0 Å². The molecular weight excluding hydrogens is 377 g/mol. The van der Waals surface area contributed by atoms with E-state index in [2.05, 4.69) is 15.5 Å². The Morgan fingerprint density at radius 1 is 1.19 bits per heavy atom. The standard InChI is InChI=1S/C18H15ClFN3O2S/c1-10-3-4-12(7-11(10)2)17-22-23-18(25-17)26-9-16(24)21-15-6-5-13(20)8-14(15)19/h3-8H,9H2,1-2H3,(H,21,24). The van der Waals surface area contributed by atoms with E-state index < -0.39 is 5.82 Å². The summed E-state index contributed by atoms with van der Waals surface area (Å²) in [6, 6.07) is 9.64. The van der Waals surface area contributed by atoms with Crippen LogP contribution in [0.1, 0.15) is 11.1 Å². The van der Waals surface area contributed by atoms with Crippen LogP contribution in [0.15, 0.2) is 46.0 Å². The number of anilines is 1. The van der Waals surface area contributed by atoms with Crippen molar-refractivity contribution in [1.82, 2.24) is 10.2 Å². The Hall–Kier alpha value is -2.38. The van der Waals surface area contributed by atoms with Crippen molar-refractivity contribution >= 4 is 35.0 Å². The fraction of sp³-hybridized carbons (Fsp3) is 0.167. The lowest BCUT2D eigenvalue weighted by Gasteiger charge is -2.06. The van der Waals surface area contributed by atoms with Crippen molar-refractivity contribution in [2.45, 2.75) is 19.1 Å². The number of benzene rings is 2. The van der Waals surface area contributed by atoms with Crippen LogP contribution in [-0.4, -0.2) is 21.9 Å². The highest BCUT2D eigenvalue weighted by molar-refractivity contribution is 7.99. The smallest absolute Gasteiger partial charge is 0.277 e. The third-order valence-electron chi connectivity index (χ3n) is 3.69. The fourth-order valence-electron chi connectivity index (χ4n) is 2.16. The molecule has 1 aromatic heterocycles. The van der Waals surface area contributed by atoms with E-state index in [9.17, 15) is 9.18 Å². The minimum absolute atomic E-state index is 0.0578. The molecule has 0 saturated carbocycles. The maximum absolute atomic E-state index is 13.0. The molecule has 3 rings (SSSR count). The third-order valence-corrected chi connectivity index (χ3v) is 4.82. The van der Waals surface area contributed by atoms with Crippen molar-refractivity contribution in [1.29, 1.82) is 0 Å². The van der Waals surface area contributed by atoms with Crippen molar-refractivity contribution in [2.24, 2.45) is 0 Å². The summed E-state index contributed by atoms with van der Waals surface area (Å²) in [5.74, 6) is -0.318. The normalized spacial score (nSPS) is 10.8. The second kappa shape index (κ2) is 7.88. The van der Waals surface area contributed by atoms with Gasteiger partial charge in [-0.05, 0) is 55.3 Å². The molecule has 5 nitrogen and oxygen atoms in total. The first-order chi connectivity index (χ1) is 12.4. The molecule has 0 fully saturated rings.